The fraction of sp³-hybridized carbons (Fsp3) is 0.345. The second-order valence-electron chi connectivity index (χ2n) is 10.5. The number of nitrogens with zero attached hydrogens (tertiary/aromatic N) is 7. The topological polar surface area (TPSA) is 128 Å². The third-order valence-corrected chi connectivity index (χ3v) is 7.13. The van der Waals surface area contributed by atoms with Gasteiger partial charge in [0.1, 0.15) is 23.1 Å². The minimum atomic E-state index is -0.513. The van der Waals surface area contributed by atoms with Crippen LogP contribution in [0.15, 0.2) is 36.8 Å². The highest BCUT2D eigenvalue weighted by molar-refractivity contribution is 7.17. The van der Waals surface area contributed by atoms with Crippen molar-refractivity contribution in [3.05, 3.63) is 70.8 Å². The molecule has 0 spiro atoms. The molecule has 2 amide bonds. The van der Waals surface area contributed by atoms with Gasteiger partial charge < -0.3 is 10.1 Å². The monoisotopic (exact) mass is 590 g/mol. The largest absolute Gasteiger partial charge is 0.486 e. The molecule has 1 fully saturated rings. The Kier molecular flexibility index (Phi) is 8.27. The lowest BCUT2D eigenvalue weighted by atomic mass is 10.1. The Morgan fingerprint density at radius 2 is 2.00 bits per heavy atom. The molecular formula is C29H32FN8O3P. The van der Waals surface area contributed by atoms with Crippen molar-refractivity contribution in [3.63, 3.8) is 0 Å². The van der Waals surface area contributed by atoms with Crippen LogP contribution in [0.25, 0.3) is 11.3 Å². The maximum absolute atomic E-state index is 15.2. The summed E-state index contributed by atoms with van der Waals surface area (Å²) in [6, 6.07) is 5.18. The summed E-state index contributed by atoms with van der Waals surface area (Å²) in [5.74, 6) is -0.343. The smallest absolute Gasteiger partial charge is 0.276 e. The molecule has 1 saturated heterocycles. The molecule has 2 unspecified atom stereocenters. The van der Waals surface area contributed by atoms with Gasteiger partial charge in [0.15, 0.2) is 5.82 Å². The molecule has 3 aromatic heterocycles. The number of benzene rings is 1. The highest BCUT2D eigenvalue weighted by Gasteiger charge is 2.31. The van der Waals surface area contributed by atoms with E-state index in [-0.39, 0.29) is 34.6 Å². The van der Waals surface area contributed by atoms with E-state index < -0.39 is 11.7 Å². The number of carbonyl (C=O) groups is 2. The fourth-order valence-corrected chi connectivity index (χ4v) is 4.91. The number of anilines is 2. The van der Waals surface area contributed by atoms with Gasteiger partial charge in [0.25, 0.3) is 5.91 Å². The lowest BCUT2D eigenvalue weighted by molar-refractivity contribution is -0.119. The molecule has 0 saturated carbocycles. The maximum atomic E-state index is 15.2. The van der Waals surface area contributed by atoms with E-state index in [2.05, 4.69) is 39.8 Å². The van der Waals surface area contributed by atoms with Crippen LogP contribution in [0, 0.1) is 32.5 Å². The highest BCUT2D eigenvalue weighted by atomic mass is 31.0. The minimum absolute atomic E-state index is 0.0138. The number of halogens is 1. The zero-order chi connectivity index (χ0) is 30.1. The fourth-order valence-electron chi connectivity index (χ4n) is 4.77. The third-order valence-electron chi connectivity index (χ3n) is 6.99. The molecule has 4 aromatic rings. The molecule has 3 atom stereocenters. The van der Waals surface area contributed by atoms with Gasteiger partial charge in [0, 0.05) is 18.7 Å². The van der Waals surface area contributed by atoms with E-state index in [0.29, 0.717) is 47.3 Å². The van der Waals surface area contributed by atoms with Gasteiger partial charge in [-0.25, -0.2) is 9.37 Å². The Labute approximate surface area is 245 Å². The van der Waals surface area contributed by atoms with Gasteiger partial charge >= 0.3 is 0 Å². The average Bonchev–Trinajstić information content (AvgIpc) is 3.52. The highest BCUT2D eigenvalue weighted by Crippen LogP contribution is 2.34. The summed E-state index contributed by atoms with van der Waals surface area (Å²) in [6.07, 6.45) is 5.40. The van der Waals surface area contributed by atoms with E-state index in [1.165, 1.54) is 12.4 Å². The van der Waals surface area contributed by atoms with Crippen LogP contribution in [0.2, 0.25) is 0 Å². The average molecular weight is 591 g/mol. The Balaban J connectivity index is 1.32. The molecule has 0 aliphatic carbocycles. The number of aryl methyl sites for hydroxylation is 3. The van der Waals surface area contributed by atoms with Crippen LogP contribution in [0.3, 0.4) is 0 Å². The molecule has 42 heavy (non-hydrogen) atoms. The summed E-state index contributed by atoms with van der Waals surface area (Å²) in [6.45, 7) is 9.88. The molecule has 11 nitrogen and oxygen atoms in total. The summed E-state index contributed by atoms with van der Waals surface area (Å²) >= 11 is 0. The first-order chi connectivity index (χ1) is 20.0. The molecule has 1 N–H and O–H groups in total. The number of ether oxygens (including phenoxy) is 1. The molecule has 1 aliphatic rings. The van der Waals surface area contributed by atoms with E-state index in [1.807, 2.05) is 26.8 Å². The summed E-state index contributed by atoms with van der Waals surface area (Å²) in [5, 5.41) is 15.7. The SMILES string of the molecule is Cc1cc(Cn2cc(NC(=O)c3nc(-c4c(OC(C)P)ccc(C)c4F)cnc3C)cn2)nnc1N1CC[C@@H](C)C1=O. The Hall–Kier alpha value is -4.31. The number of rotatable bonds is 8. The van der Waals surface area contributed by atoms with Gasteiger partial charge in [-0.05, 0) is 57.4 Å². The van der Waals surface area contributed by atoms with Gasteiger partial charge in [-0.1, -0.05) is 22.2 Å². The van der Waals surface area contributed by atoms with Crippen LogP contribution in [0.5, 0.6) is 5.75 Å². The first-order valence-corrected chi connectivity index (χ1v) is 14.2. The van der Waals surface area contributed by atoms with Gasteiger partial charge in [-0.3, -0.25) is 24.2 Å². The van der Waals surface area contributed by atoms with Crippen molar-refractivity contribution in [2.24, 2.45) is 5.92 Å². The zero-order valence-electron chi connectivity index (χ0n) is 24.1. The van der Waals surface area contributed by atoms with Gasteiger partial charge in [0.05, 0.1) is 47.3 Å². The van der Waals surface area contributed by atoms with E-state index in [0.717, 1.165) is 12.0 Å². The zero-order valence-corrected chi connectivity index (χ0v) is 25.2. The molecule has 5 rings (SSSR count). The normalized spacial score (nSPS) is 15.6. The molecule has 1 aromatic carbocycles. The van der Waals surface area contributed by atoms with Crippen LogP contribution < -0.4 is 15.0 Å². The minimum Gasteiger partial charge on any atom is -0.486 e. The maximum Gasteiger partial charge on any atom is 0.276 e. The number of carbonyl (C=O) groups excluding carboxylic acids is 2. The van der Waals surface area contributed by atoms with Crippen molar-refractivity contribution in [3.8, 4) is 17.0 Å². The van der Waals surface area contributed by atoms with Crippen molar-refractivity contribution in [1.82, 2.24) is 29.9 Å². The Bertz CT molecular complexity index is 1670. The van der Waals surface area contributed by atoms with Crippen LogP contribution >= 0.6 is 9.24 Å². The van der Waals surface area contributed by atoms with Crippen LogP contribution in [0.4, 0.5) is 15.9 Å². The third kappa shape index (κ3) is 5.99. The van der Waals surface area contributed by atoms with Crippen molar-refractivity contribution in [1.29, 1.82) is 0 Å². The molecule has 1 aliphatic heterocycles. The number of hydrogen-bond acceptors (Lipinski definition) is 8. The summed E-state index contributed by atoms with van der Waals surface area (Å²) < 4.78 is 22.6. The van der Waals surface area contributed by atoms with Crippen molar-refractivity contribution < 1.29 is 18.7 Å². The lowest BCUT2D eigenvalue weighted by Crippen LogP contribution is -2.28. The van der Waals surface area contributed by atoms with Gasteiger partial charge in [-0.15, -0.1) is 5.10 Å². The summed E-state index contributed by atoms with van der Waals surface area (Å²) in [5.41, 5.74) is 3.13. The van der Waals surface area contributed by atoms with E-state index in [1.54, 1.807) is 41.8 Å². The molecule has 218 valence electrons. The van der Waals surface area contributed by atoms with Gasteiger partial charge in [-0.2, -0.15) is 10.2 Å². The molecule has 0 bridgehead atoms. The Morgan fingerprint density at radius 3 is 2.69 bits per heavy atom. The number of amides is 2. The van der Waals surface area contributed by atoms with E-state index >= 15 is 4.39 Å². The summed E-state index contributed by atoms with van der Waals surface area (Å²) in [7, 11) is 2.50. The van der Waals surface area contributed by atoms with Crippen molar-refractivity contribution >= 4 is 32.6 Å². The predicted octanol–water partition coefficient (Wildman–Crippen LogP) is 4.47. The first kappa shape index (κ1) is 29.2. The van der Waals surface area contributed by atoms with Crippen LogP contribution in [-0.2, 0) is 11.3 Å². The Morgan fingerprint density at radius 1 is 1.21 bits per heavy atom. The summed E-state index contributed by atoms with van der Waals surface area (Å²) in [4.78, 5) is 36.1. The van der Waals surface area contributed by atoms with Crippen molar-refractivity contribution in [2.75, 3.05) is 16.8 Å². The number of nitrogens with one attached hydrogen (secondary N) is 1. The lowest BCUT2D eigenvalue weighted by Gasteiger charge is -2.17. The number of aromatic nitrogens is 6. The van der Waals surface area contributed by atoms with E-state index in [4.69, 9.17) is 4.74 Å². The first-order valence-electron chi connectivity index (χ1n) is 13.6. The van der Waals surface area contributed by atoms with Crippen molar-refractivity contribution in [2.45, 2.75) is 53.4 Å². The molecule has 0 radical (unpaired) electrons. The number of hydrogen-bond donors (Lipinski definition) is 1. The predicted molar refractivity (Wildman–Crippen MR) is 159 cm³/mol. The molecule has 4 heterocycles. The second kappa shape index (κ2) is 11.9. The van der Waals surface area contributed by atoms with Crippen LogP contribution in [-0.4, -0.2) is 54.1 Å². The van der Waals surface area contributed by atoms with Gasteiger partial charge in [0.2, 0.25) is 5.91 Å². The standard InChI is InChI=1S/C29H32FN8O3P/c1-15-6-7-23(41-19(5)42)24(25(15)30)22-12-31-18(4)26(34-22)28(39)33-21-11-32-37(14-21)13-20-10-17(3)27(36-35-20)38-9-8-16(2)29(38)40/h6-7,10-12,14,16,19H,8-9,13,42H2,1-5H3,(H,33,39)/t16-,19?/m1/s1. The van der Waals surface area contributed by atoms with Crippen LogP contribution in [0.1, 0.15) is 53.3 Å². The molecular weight excluding hydrogens is 558 g/mol. The molecule has 13 heteroatoms. The quantitative estimate of drug-likeness (QED) is 0.298. The van der Waals surface area contributed by atoms with E-state index in [9.17, 15) is 9.59 Å². The second-order valence-corrected chi connectivity index (χ2v) is 11.4.